The third-order valence-corrected chi connectivity index (χ3v) is 2.32. The van der Waals surface area contributed by atoms with E-state index in [-0.39, 0.29) is 10.8 Å². The van der Waals surface area contributed by atoms with Gasteiger partial charge in [0.2, 0.25) is 0 Å². The number of benzene rings is 1. The molecule has 0 aromatic heterocycles. The fourth-order valence-electron chi connectivity index (χ4n) is 1.20. The van der Waals surface area contributed by atoms with Crippen LogP contribution in [0.1, 0.15) is 18.9 Å². The van der Waals surface area contributed by atoms with Gasteiger partial charge in [-0.2, -0.15) is 13.2 Å². The van der Waals surface area contributed by atoms with Gasteiger partial charge in [-0.1, -0.05) is 6.92 Å². The Morgan fingerprint density at radius 1 is 1.33 bits per heavy atom. The maximum absolute atomic E-state index is 13.3. The molecular weight excluding hydrogens is 268 g/mol. The maximum atomic E-state index is 13.3. The summed E-state index contributed by atoms with van der Waals surface area (Å²) in [4.78, 5) is 0. The Morgan fingerprint density at radius 3 is 2.56 bits per heavy atom. The van der Waals surface area contributed by atoms with E-state index in [1.165, 1.54) is 0 Å². The van der Waals surface area contributed by atoms with Crippen molar-refractivity contribution in [1.82, 2.24) is 5.32 Å². The number of nitrogens with one attached hydrogen (secondary N) is 2. The summed E-state index contributed by atoms with van der Waals surface area (Å²) in [7, 11) is 0. The minimum absolute atomic E-state index is 0.0927. The summed E-state index contributed by atoms with van der Waals surface area (Å²) in [5.41, 5.74) is -1.22. The van der Waals surface area contributed by atoms with Crippen LogP contribution in [0.3, 0.4) is 0 Å². The number of hydrogen-bond acceptors (Lipinski definition) is 1. The van der Waals surface area contributed by atoms with E-state index in [9.17, 15) is 17.6 Å². The summed E-state index contributed by atoms with van der Waals surface area (Å²) in [5.74, 6) is -0.788. The monoisotopic (exact) mass is 280 g/mol. The zero-order valence-corrected chi connectivity index (χ0v) is 10.4. The van der Waals surface area contributed by atoms with Gasteiger partial charge in [0.1, 0.15) is 5.82 Å². The first-order chi connectivity index (χ1) is 8.34. The largest absolute Gasteiger partial charge is 0.416 e. The van der Waals surface area contributed by atoms with E-state index in [2.05, 4.69) is 10.6 Å². The Labute approximate surface area is 107 Å². The molecule has 0 unspecified atom stereocenters. The second kappa shape index (κ2) is 5.99. The van der Waals surface area contributed by atoms with Gasteiger partial charge in [0.25, 0.3) is 0 Å². The van der Waals surface area contributed by atoms with Crippen molar-refractivity contribution >= 4 is 23.0 Å². The smallest absolute Gasteiger partial charge is 0.362 e. The van der Waals surface area contributed by atoms with Gasteiger partial charge in [0.05, 0.1) is 11.3 Å². The molecule has 100 valence electrons. The van der Waals surface area contributed by atoms with Gasteiger partial charge < -0.3 is 10.6 Å². The second-order valence-electron chi connectivity index (χ2n) is 3.57. The van der Waals surface area contributed by atoms with Gasteiger partial charge in [-0.3, -0.25) is 0 Å². The van der Waals surface area contributed by atoms with E-state index in [0.29, 0.717) is 18.7 Å². The van der Waals surface area contributed by atoms with Crippen molar-refractivity contribution in [1.29, 1.82) is 0 Å². The summed E-state index contributed by atoms with van der Waals surface area (Å²) in [5, 5.41) is 5.23. The maximum Gasteiger partial charge on any atom is 0.416 e. The molecule has 0 radical (unpaired) electrons. The van der Waals surface area contributed by atoms with Gasteiger partial charge in [-0.25, -0.2) is 4.39 Å². The molecule has 0 saturated carbocycles. The lowest BCUT2D eigenvalue weighted by molar-refractivity contribution is -0.137. The Morgan fingerprint density at radius 2 is 2.00 bits per heavy atom. The fraction of sp³-hybridized carbons (Fsp3) is 0.364. The van der Waals surface area contributed by atoms with Crippen LogP contribution in [0.2, 0.25) is 0 Å². The fourth-order valence-corrected chi connectivity index (χ4v) is 1.41. The first-order valence-corrected chi connectivity index (χ1v) is 5.67. The molecule has 0 aliphatic rings. The number of rotatable bonds is 3. The van der Waals surface area contributed by atoms with Crippen molar-refractivity contribution in [3.8, 4) is 0 Å². The molecule has 1 aromatic carbocycles. The normalized spacial score (nSPS) is 11.2. The minimum atomic E-state index is -4.51. The third-order valence-electron chi connectivity index (χ3n) is 2.08. The van der Waals surface area contributed by atoms with Crippen molar-refractivity contribution in [3.63, 3.8) is 0 Å². The Bertz CT molecular complexity index is 432. The summed E-state index contributed by atoms with van der Waals surface area (Å²) in [6.07, 6.45) is -3.71. The third kappa shape index (κ3) is 4.14. The standard InChI is InChI=1S/C11H12F4N2S/c1-2-5-16-10(18)17-9-6-7(11(13,14)15)3-4-8(9)12/h3-4,6H,2,5H2,1H3,(H2,16,17,18). The van der Waals surface area contributed by atoms with Crippen LogP contribution in [-0.4, -0.2) is 11.7 Å². The summed E-state index contributed by atoms with van der Waals surface area (Å²) >= 11 is 4.83. The molecule has 2 nitrogen and oxygen atoms in total. The van der Waals surface area contributed by atoms with E-state index in [1.807, 2.05) is 6.92 Å². The van der Waals surface area contributed by atoms with Crippen LogP contribution in [0.15, 0.2) is 18.2 Å². The highest BCUT2D eigenvalue weighted by Gasteiger charge is 2.31. The molecule has 0 fully saturated rings. The topological polar surface area (TPSA) is 24.1 Å². The van der Waals surface area contributed by atoms with E-state index in [0.717, 1.165) is 12.5 Å². The number of thiocarbonyl (C=S) groups is 1. The summed E-state index contributed by atoms with van der Waals surface area (Å²) < 4.78 is 50.6. The van der Waals surface area contributed by atoms with E-state index < -0.39 is 17.6 Å². The van der Waals surface area contributed by atoms with Gasteiger partial charge in [0.15, 0.2) is 5.11 Å². The lowest BCUT2D eigenvalue weighted by Gasteiger charge is -2.13. The van der Waals surface area contributed by atoms with Crippen molar-refractivity contribution in [2.24, 2.45) is 0 Å². The van der Waals surface area contributed by atoms with E-state index in [1.54, 1.807) is 0 Å². The predicted octanol–water partition coefficient (Wildman–Crippen LogP) is 3.54. The molecule has 0 aliphatic carbocycles. The Kier molecular flexibility index (Phi) is 4.89. The van der Waals surface area contributed by atoms with Gasteiger partial charge in [0, 0.05) is 6.54 Å². The van der Waals surface area contributed by atoms with Gasteiger partial charge >= 0.3 is 6.18 Å². The summed E-state index contributed by atoms with van der Waals surface area (Å²) in [6.45, 7) is 2.47. The zero-order chi connectivity index (χ0) is 13.8. The Balaban J connectivity index is 2.85. The molecular formula is C11H12F4N2S. The van der Waals surface area contributed by atoms with E-state index in [4.69, 9.17) is 12.2 Å². The van der Waals surface area contributed by atoms with Gasteiger partial charge in [-0.05, 0) is 36.8 Å². The summed E-state index contributed by atoms with van der Waals surface area (Å²) in [6, 6.07) is 2.13. The lowest BCUT2D eigenvalue weighted by atomic mass is 10.2. The number of alkyl halides is 3. The molecule has 0 atom stereocenters. The number of anilines is 1. The van der Waals surface area contributed by atoms with Crippen LogP contribution in [0.5, 0.6) is 0 Å². The molecule has 0 bridgehead atoms. The Hall–Kier alpha value is -1.37. The molecule has 0 amide bonds. The van der Waals surface area contributed by atoms with Crippen LogP contribution in [0, 0.1) is 5.82 Å². The molecule has 1 aromatic rings. The molecule has 7 heteroatoms. The van der Waals surface area contributed by atoms with Gasteiger partial charge in [-0.15, -0.1) is 0 Å². The molecule has 0 saturated heterocycles. The number of hydrogen-bond donors (Lipinski definition) is 2. The first-order valence-electron chi connectivity index (χ1n) is 5.26. The quantitative estimate of drug-likeness (QED) is 0.654. The van der Waals surface area contributed by atoms with Crippen LogP contribution in [0.25, 0.3) is 0 Å². The average molecular weight is 280 g/mol. The first kappa shape index (κ1) is 14.7. The highest BCUT2D eigenvalue weighted by atomic mass is 32.1. The average Bonchev–Trinajstić information content (AvgIpc) is 2.28. The second-order valence-corrected chi connectivity index (χ2v) is 3.98. The number of halogens is 4. The van der Waals surface area contributed by atoms with Crippen LogP contribution in [0.4, 0.5) is 23.2 Å². The lowest BCUT2D eigenvalue weighted by Crippen LogP contribution is -2.29. The predicted molar refractivity (Wildman–Crippen MR) is 65.9 cm³/mol. The van der Waals surface area contributed by atoms with Crippen molar-refractivity contribution in [2.45, 2.75) is 19.5 Å². The van der Waals surface area contributed by atoms with E-state index >= 15 is 0 Å². The highest BCUT2D eigenvalue weighted by molar-refractivity contribution is 7.80. The molecule has 0 aliphatic heterocycles. The van der Waals surface area contributed by atoms with Crippen LogP contribution >= 0.6 is 12.2 Å². The molecule has 0 spiro atoms. The van der Waals surface area contributed by atoms with Crippen LogP contribution in [-0.2, 0) is 6.18 Å². The highest BCUT2D eigenvalue weighted by Crippen LogP contribution is 2.31. The van der Waals surface area contributed by atoms with Crippen LogP contribution < -0.4 is 10.6 Å². The molecule has 1 rings (SSSR count). The SMILES string of the molecule is CCCNC(=S)Nc1cc(C(F)(F)F)ccc1F. The van der Waals surface area contributed by atoms with Crippen molar-refractivity contribution in [2.75, 3.05) is 11.9 Å². The minimum Gasteiger partial charge on any atom is -0.362 e. The zero-order valence-electron chi connectivity index (χ0n) is 9.57. The molecule has 18 heavy (non-hydrogen) atoms. The molecule has 2 N–H and O–H groups in total. The van der Waals surface area contributed by atoms with Crippen molar-refractivity contribution in [3.05, 3.63) is 29.6 Å². The van der Waals surface area contributed by atoms with Crippen molar-refractivity contribution < 1.29 is 17.6 Å². The molecule has 0 heterocycles.